The minimum absolute atomic E-state index is 0.0688. The molecule has 1 aliphatic rings. The van der Waals surface area contributed by atoms with Crippen molar-refractivity contribution in [2.24, 2.45) is 0 Å². The molecule has 1 aromatic rings. The largest absolute Gasteiger partial charge is 0.457 e. The summed E-state index contributed by atoms with van der Waals surface area (Å²) in [5.74, 6) is -0.360. The molecule has 0 unspecified atom stereocenters. The van der Waals surface area contributed by atoms with Gasteiger partial charge in [-0.15, -0.1) is 0 Å². The van der Waals surface area contributed by atoms with Crippen LogP contribution in [0.2, 0.25) is 0 Å². The van der Waals surface area contributed by atoms with Crippen LogP contribution in [0.4, 0.5) is 0 Å². The van der Waals surface area contributed by atoms with E-state index in [1.54, 1.807) is 0 Å². The second kappa shape index (κ2) is 5.09. The Morgan fingerprint density at radius 3 is 2.75 bits per heavy atom. The van der Waals surface area contributed by atoms with Gasteiger partial charge in [0.05, 0.1) is 19.6 Å². The van der Waals surface area contributed by atoms with Crippen LogP contribution in [0, 0.1) is 0 Å². The molecule has 0 aliphatic carbocycles. The Hall–Kier alpha value is -1.39. The van der Waals surface area contributed by atoms with E-state index in [1.165, 1.54) is 0 Å². The predicted octanol–water partition coefficient (Wildman–Crippen LogP) is 0.880. The third kappa shape index (κ3) is 2.81. The quantitative estimate of drug-likeness (QED) is 0.768. The van der Waals surface area contributed by atoms with Crippen LogP contribution >= 0.6 is 0 Å². The van der Waals surface area contributed by atoms with Gasteiger partial charge in [0.2, 0.25) is 0 Å². The minimum Gasteiger partial charge on any atom is -0.457 e. The standard InChI is InChI=1S/C12H14O4/c13-10-6-12(14)16-11(10)8-15-7-9-4-2-1-3-5-9/h1-5,10-11,13H,6-8H2/t10-,11-/m1/s1. The molecule has 2 rings (SSSR count). The van der Waals surface area contributed by atoms with Crippen LogP contribution in [0.5, 0.6) is 0 Å². The lowest BCUT2D eigenvalue weighted by molar-refractivity contribution is -0.144. The maximum Gasteiger partial charge on any atom is 0.309 e. The highest BCUT2D eigenvalue weighted by Crippen LogP contribution is 2.15. The molecule has 0 amide bonds. The van der Waals surface area contributed by atoms with Gasteiger partial charge in [0.25, 0.3) is 0 Å². The van der Waals surface area contributed by atoms with Crippen LogP contribution in [0.3, 0.4) is 0 Å². The van der Waals surface area contributed by atoms with E-state index >= 15 is 0 Å². The number of hydrogen-bond acceptors (Lipinski definition) is 4. The van der Waals surface area contributed by atoms with Crippen LogP contribution in [-0.2, 0) is 20.9 Å². The lowest BCUT2D eigenvalue weighted by Crippen LogP contribution is -2.26. The zero-order valence-corrected chi connectivity index (χ0v) is 8.83. The molecule has 1 N–H and O–H groups in total. The van der Waals surface area contributed by atoms with Crippen molar-refractivity contribution in [1.29, 1.82) is 0 Å². The third-order valence-corrected chi connectivity index (χ3v) is 2.48. The molecule has 0 spiro atoms. The van der Waals surface area contributed by atoms with E-state index < -0.39 is 12.2 Å². The highest BCUT2D eigenvalue weighted by Gasteiger charge is 2.33. The van der Waals surface area contributed by atoms with Gasteiger partial charge in [-0.25, -0.2) is 0 Å². The van der Waals surface area contributed by atoms with Gasteiger partial charge in [-0.2, -0.15) is 0 Å². The first-order valence-corrected chi connectivity index (χ1v) is 5.25. The number of esters is 1. The molecule has 1 aromatic carbocycles. The van der Waals surface area contributed by atoms with Crippen molar-refractivity contribution >= 4 is 5.97 Å². The Bertz CT molecular complexity index is 349. The highest BCUT2D eigenvalue weighted by molar-refractivity contribution is 5.72. The van der Waals surface area contributed by atoms with Gasteiger partial charge in [-0.05, 0) is 5.56 Å². The predicted molar refractivity (Wildman–Crippen MR) is 56.6 cm³/mol. The Morgan fingerprint density at radius 1 is 1.38 bits per heavy atom. The second-order valence-corrected chi connectivity index (χ2v) is 3.80. The fraction of sp³-hybridized carbons (Fsp3) is 0.417. The monoisotopic (exact) mass is 222 g/mol. The highest BCUT2D eigenvalue weighted by atomic mass is 16.6. The number of carbonyl (C=O) groups excluding carboxylic acids is 1. The number of aliphatic hydroxyl groups excluding tert-OH is 1. The molecule has 4 nitrogen and oxygen atoms in total. The second-order valence-electron chi connectivity index (χ2n) is 3.80. The number of aliphatic hydroxyl groups is 1. The zero-order chi connectivity index (χ0) is 11.4. The molecule has 0 saturated carbocycles. The number of cyclic esters (lactones) is 1. The zero-order valence-electron chi connectivity index (χ0n) is 8.83. The molecule has 1 heterocycles. The number of benzene rings is 1. The van der Waals surface area contributed by atoms with E-state index in [2.05, 4.69) is 0 Å². The summed E-state index contributed by atoms with van der Waals surface area (Å²) in [4.78, 5) is 10.9. The number of carbonyl (C=O) groups is 1. The smallest absolute Gasteiger partial charge is 0.309 e. The SMILES string of the molecule is O=C1C[C@@H](O)[C@@H](COCc2ccccc2)O1. The Labute approximate surface area is 93.8 Å². The Balaban J connectivity index is 1.74. The average molecular weight is 222 g/mol. The first-order valence-electron chi connectivity index (χ1n) is 5.25. The molecule has 1 fully saturated rings. The Kier molecular flexibility index (Phi) is 3.54. The maximum absolute atomic E-state index is 10.9. The molecule has 0 aromatic heterocycles. The van der Waals surface area contributed by atoms with Gasteiger partial charge in [0, 0.05) is 0 Å². The van der Waals surface area contributed by atoms with Gasteiger partial charge in [-0.1, -0.05) is 30.3 Å². The number of ether oxygens (including phenoxy) is 2. The van der Waals surface area contributed by atoms with Crippen molar-refractivity contribution in [3.63, 3.8) is 0 Å². The molecule has 1 aliphatic heterocycles. The fourth-order valence-electron chi connectivity index (χ4n) is 1.61. The van der Waals surface area contributed by atoms with Crippen molar-refractivity contribution in [1.82, 2.24) is 0 Å². The molecule has 1 saturated heterocycles. The van der Waals surface area contributed by atoms with E-state index in [1.807, 2.05) is 30.3 Å². The van der Waals surface area contributed by atoms with E-state index in [4.69, 9.17) is 9.47 Å². The topological polar surface area (TPSA) is 55.8 Å². The Morgan fingerprint density at radius 2 is 2.12 bits per heavy atom. The average Bonchev–Trinajstić information content (AvgIpc) is 2.59. The lowest BCUT2D eigenvalue weighted by Gasteiger charge is -2.13. The van der Waals surface area contributed by atoms with Crippen molar-refractivity contribution in [3.05, 3.63) is 35.9 Å². The minimum atomic E-state index is -0.733. The number of rotatable bonds is 4. The molecule has 0 radical (unpaired) electrons. The fourth-order valence-corrected chi connectivity index (χ4v) is 1.61. The van der Waals surface area contributed by atoms with E-state index in [0.717, 1.165) is 5.56 Å². The van der Waals surface area contributed by atoms with Crippen molar-refractivity contribution in [2.75, 3.05) is 6.61 Å². The normalized spacial score (nSPS) is 24.4. The molecule has 4 heteroatoms. The van der Waals surface area contributed by atoms with Gasteiger partial charge < -0.3 is 14.6 Å². The van der Waals surface area contributed by atoms with Gasteiger partial charge >= 0.3 is 5.97 Å². The van der Waals surface area contributed by atoms with Crippen LogP contribution < -0.4 is 0 Å². The summed E-state index contributed by atoms with van der Waals surface area (Å²) in [7, 11) is 0. The van der Waals surface area contributed by atoms with Gasteiger partial charge in [0.15, 0.2) is 6.10 Å². The van der Waals surface area contributed by atoms with Crippen LogP contribution in [0.1, 0.15) is 12.0 Å². The summed E-state index contributed by atoms with van der Waals surface area (Å²) >= 11 is 0. The van der Waals surface area contributed by atoms with E-state index in [9.17, 15) is 9.90 Å². The first-order chi connectivity index (χ1) is 7.75. The van der Waals surface area contributed by atoms with Gasteiger partial charge in [0.1, 0.15) is 6.10 Å². The van der Waals surface area contributed by atoms with Gasteiger partial charge in [-0.3, -0.25) is 4.79 Å². The maximum atomic E-state index is 10.9. The lowest BCUT2D eigenvalue weighted by atomic mass is 10.2. The molecule has 16 heavy (non-hydrogen) atoms. The van der Waals surface area contributed by atoms with E-state index in [0.29, 0.717) is 6.61 Å². The van der Waals surface area contributed by atoms with Crippen molar-refractivity contribution in [2.45, 2.75) is 25.2 Å². The summed E-state index contributed by atoms with van der Waals surface area (Å²) in [6.45, 7) is 0.698. The molecular formula is C12H14O4. The molecule has 2 atom stereocenters. The van der Waals surface area contributed by atoms with E-state index in [-0.39, 0.29) is 19.0 Å². The van der Waals surface area contributed by atoms with Crippen LogP contribution in [0.15, 0.2) is 30.3 Å². The summed E-state index contributed by atoms with van der Waals surface area (Å²) in [6.07, 6.45) is -1.18. The molecular weight excluding hydrogens is 208 g/mol. The molecule has 0 bridgehead atoms. The van der Waals surface area contributed by atoms with Crippen LogP contribution in [-0.4, -0.2) is 29.9 Å². The molecule has 86 valence electrons. The third-order valence-electron chi connectivity index (χ3n) is 2.48. The van der Waals surface area contributed by atoms with Crippen LogP contribution in [0.25, 0.3) is 0 Å². The summed E-state index contributed by atoms with van der Waals surface area (Å²) < 4.78 is 10.3. The first kappa shape index (κ1) is 11.1. The summed E-state index contributed by atoms with van der Waals surface area (Å²) in [6, 6.07) is 9.71. The summed E-state index contributed by atoms with van der Waals surface area (Å²) in [5, 5.41) is 9.43. The van der Waals surface area contributed by atoms with Crippen molar-refractivity contribution < 1.29 is 19.4 Å². The number of hydrogen-bond donors (Lipinski definition) is 1. The summed E-state index contributed by atoms with van der Waals surface area (Å²) in [5.41, 5.74) is 1.06. The van der Waals surface area contributed by atoms with Crippen molar-refractivity contribution in [3.8, 4) is 0 Å².